The molecule has 7 nitrogen and oxygen atoms in total. The maximum Gasteiger partial charge on any atom is 0.338 e. The topological polar surface area (TPSA) is 97.0 Å². The van der Waals surface area contributed by atoms with Crippen molar-refractivity contribution in [1.82, 2.24) is 15.0 Å². The van der Waals surface area contributed by atoms with Crippen molar-refractivity contribution in [2.75, 3.05) is 5.32 Å². The zero-order valence-corrected chi connectivity index (χ0v) is 16.6. The average Bonchev–Trinajstić information content (AvgIpc) is 3.23. The number of halogens is 1. The third kappa shape index (κ3) is 4.42. The number of hydrogen-bond donors (Lipinski definition) is 2. The van der Waals surface area contributed by atoms with Gasteiger partial charge in [-0.2, -0.15) is 0 Å². The summed E-state index contributed by atoms with van der Waals surface area (Å²) in [6.45, 7) is 1.71. The zero-order valence-electron chi connectivity index (χ0n) is 16.6. The van der Waals surface area contributed by atoms with Crippen molar-refractivity contribution in [2.45, 2.75) is 19.4 Å². The molecule has 0 fully saturated rings. The van der Waals surface area contributed by atoms with Crippen molar-refractivity contribution in [2.24, 2.45) is 0 Å². The van der Waals surface area contributed by atoms with Gasteiger partial charge in [-0.25, -0.2) is 14.2 Å². The Hall–Kier alpha value is -4.07. The molecular weight excluding hydrogens is 399 g/mol. The Morgan fingerprint density at radius 3 is 2.74 bits per heavy atom. The lowest BCUT2D eigenvalue weighted by Crippen LogP contribution is -2.32. The van der Waals surface area contributed by atoms with Crippen LogP contribution in [-0.2, 0) is 9.53 Å². The SMILES string of the molecule is CCC(OC(=O)c1ccc2nc(-c3cccnc3)[nH]c2c1)C(=O)Nc1ccccc1F. The summed E-state index contributed by atoms with van der Waals surface area (Å²) in [6.07, 6.45) is 2.54. The van der Waals surface area contributed by atoms with Crippen LogP contribution < -0.4 is 5.32 Å². The number of benzene rings is 2. The lowest BCUT2D eigenvalue weighted by atomic mass is 10.2. The third-order valence-electron chi connectivity index (χ3n) is 4.70. The molecule has 4 aromatic rings. The fraction of sp³-hybridized carbons (Fsp3) is 0.130. The third-order valence-corrected chi connectivity index (χ3v) is 4.70. The van der Waals surface area contributed by atoms with Gasteiger partial charge in [0.2, 0.25) is 0 Å². The van der Waals surface area contributed by atoms with E-state index in [2.05, 4.69) is 20.3 Å². The maximum atomic E-state index is 13.8. The first-order chi connectivity index (χ1) is 15.0. The maximum absolute atomic E-state index is 13.8. The first-order valence-corrected chi connectivity index (χ1v) is 9.71. The number of carbonyl (C=O) groups excluding carboxylic acids is 2. The van der Waals surface area contributed by atoms with Crippen molar-refractivity contribution >= 4 is 28.6 Å². The van der Waals surface area contributed by atoms with Gasteiger partial charge < -0.3 is 15.0 Å². The van der Waals surface area contributed by atoms with Gasteiger partial charge in [-0.1, -0.05) is 19.1 Å². The van der Waals surface area contributed by atoms with E-state index in [9.17, 15) is 14.0 Å². The van der Waals surface area contributed by atoms with E-state index in [4.69, 9.17) is 4.74 Å². The number of ether oxygens (including phenoxy) is 1. The molecule has 31 heavy (non-hydrogen) atoms. The standard InChI is InChI=1S/C23H19FN4O3/c1-2-20(22(29)28-17-8-4-3-7-16(17)24)31-23(30)14-9-10-18-19(12-14)27-21(26-18)15-6-5-11-25-13-15/h3-13,20H,2H2,1H3,(H,26,27)(H,28,29). The summed E-state index contributed by atoms with van der Waals surface area (Å²) in [5.74, 6) is -1.19. The summed E-state index contributed by atoms with van der Waals surface area (Å²) in [6, 6.07) is 14.4. The van der Waals surface area contributed by atoms with Crippen LogP contribution in [0.1, 0.15) is 23.7 Å². The van der Waals surface area contributed by atoms with Crippen LogP contribution in [0.5, 0.6) is 0 Å². The first kappa shape index (κ1) is 20.2. The lowest BCUT2D eigenvalue weighted by molar-refractivity contribution is -0.124. The number of nitrogens with one attached hydrogen (secondary N) is 2. The minimum Gasteiger partial charge on any atom is -0.449 e. The second kappa shape index (κ2) is 8.74. The Balaban J connectivity index is 1.50. The van der Waals surface area contributed by atoms with Gasteiger partial charge in [0, 0.05) is 18.0 Å². The van der Waals surface area contributed by atoms with Crippen LogP contribution in [0.15, 0.2) is 67.0 Å². The number of aromatic nitrogens is 3. The fourth-order valence-electron chi connectivity index (χ4n) is 3.07. The van der Waals surface area contributed by atoms with Crippen molar-refractivity contribution < 1.29 is 18.7 Å². The normalized spacial score (nSPS) is 11.8. The molecule has 0 radical (unpaired) electrons. The summed E-state index contributed by atoms with van der Waals surface area (Å²) >= 11 is 0. The number of amides is 1. The van der Waals surface area contributed by atoms with Gasteiger partial charge in [-0.15, -0.1) is 0 Å². The van der Waals surface area contributed by atoms with Gasteiger partial charge in [-0.3, -0.25) is 9.78 Å². The molecule has 0 spiro atoms. The second-order valence-corrected chi connectivity index (χ2v) is 6.83. The first-order valence-electron chi connectivity index (χ1n) is 9.71. The van der Waals surface area contributed by atoms with Gasteiger partial charge in [-0.05, 0) is 48.9 Å². The number of pyridine rings is 1. The smallest absolute Gasteiger partial charge is 0.338 e. The Kier molecular flexibility index (Phi) is 5.70. The summed E-state index contributed by atoms with van der Waals surface area (Å²) in [7, 11) is 0. The molecular formula is C23H19FN4O3. The number of para-hydroxylation sites is 1. The van der Waals surface area contributed by atoms with Gasteiger partial charge in [0.25, 0.3) is 5.91 Å². The number of H-pyrrole nitrogens is 1. The van der Waals surface area contributed by atoms with Crippen LogP contribution in [0.25, 0.3) is 22.4 Å². The van der Waals surface area contributed by atoms with E-state index >= 15 is 0 Å². The van der Waals surface area contributed by atoms with Crippen LogP contribution in [0, 0.1) is 5.82 Å². The highest BCUT2D eigenvalue weighted by molar-refractivity contribution is 5.99. The molecule has 0 bridgehead atoms. The molecule has 0 saturated carbocycles. The summed E-state index contributed by atoms with van der Waals surface area (Å²) in [5.41, 5.74) is 2.45. The van der Waals surface area contributed by atoms with Crippen LogP contribution in [0.2, 0.25) is 0 Å². The molecule has 1 amide bonds. The van der Waals surface area contributed by atoms with Gasteiger partial charge >= 0.3 is 5.97 Å². The number of anilines is 1. The van der Waals surface area contributed by atoms with E-state index < -0.39 is 23.8 Å². The highest BCUT2D eigenvalue weighted by Gasteiger charge is 2.23. The van der Waals surface area contributed by atoms with E-state index in [-0.39, 0.29) is 17.7 Å². The molecule has 2 heterocycles. The minimum atomic E-state index is -1.06. The Morgan fingerprint density at radius 1 is 1.16 bits per heavy atom. The monoisotopic (exact) mass is 418 g/mol. The number of imidazole rings is 1. The van der Waals surface area contributed by atoms with Crippen LogP contribution in [0.4, 0.5) is 10.1 Å². The molecule has 0 aliphatic carbocycles. The van der Waals surface area contributed by atoms with Gasteiger partial charge in [0.1, 0.15) is 11.6 Å². The van der Waals surface area contributed by atoms with Gasteiger partial charge in [0.05, 0.1) is 22.3 Å². The van der Waals surface area contributed by atoms with E-state index in [0.717, 1.165) is 5.56 Å². The highest BCUT2D eigenvalue weighted by Crippen LogP contribution is 2.21. The number of nitrogens with zero attached hydrogens (tertiary/aromatic N) is 2. The molecule has 1 unspecified atom stereocenters. The fourth-order valence-corrected chi connectivity index (χ4v) is 3.07. The molecule has 0 aliphatic rings. The lowest BCUT2D eigenvalue weighted by Gasteiger charge is -2.16. The molecule has 0 aliphatic heterocycles. The molecule has 2 N–H and O–H groups in total. The van der Waals surface area contributed by atoms with E-state index in [1.807, 2.05) is 12.1 Å². The van der Waals surface area contributed by atoms with Crippen LogP contribution in [0.3, 0.4) is 0 Å². The van der Waals surface area contributed by atoms with Crippen molar-refractivity contribution in [3.63, 3.8) is 0 Å². The Morgan fingerprint density at radius 2 is 2.00 bits per heavy atom. The number of aromatic amines is 1. The zero-order chi connectivity index (χ0) is 21.8. The van der Waals surface area contributed by atoms with Gasteiger partial charge in [0.15, 0.2) is 6.10 Å². The second-order valence-electron chi connectivity index (χ2n) is 6.83. The number of esters is 1. The number of fused-ring (bicyclic) bond motifs is 1. The van der Waals surface area contributed by atoms with Crippen molar-refractivity contribution in [3.05, 3.63) is 78.4 Å². The summed E-state index contributed by atoms with van der Waals surface area (Å²) < 4.78 is 19.2. The highest BCUT2D eigenvalue weighted by atomic mass is 19.1. The number of hydrogen-bond acceptors (Lipinski definition) is 5. The quantitative estimate of drug-likeness (QED) is 0.454. The predicted molar refractivity (Wildman–Crippen MR) is 114 cm³/mol. The number of carbonyl (C=O) groups is 2. The van der Waals surface area contributed by atoms with Crippen molar-refractivity contribution in [3.8, 4) is 11.4 Å². The van der Waals surface area contributed by atoms with E-state index in [0.29, 0.717) is 16.9 Å². The number of rotatable bonds is 6. The summed E-state index contributed by atoms with van der Waals surface area (Å²) in [5, 5.41) is 2.46. The average molecular weight is 418 g/mol. The molecule has 8 heteroatoms. The summed E-state index contributed by atoms with van der Waals surface area (Å²) in [4.78, 5) is 36.8. The molecule has 1 atom stereocenters. The minimum absolute atomic E-state index is 0.0313. The van der Waals surface area contributed by atoms with E-state index in [1.54, 1.807) is 43.6 Å². The Bertz CT molecular complexity index is 1240. The molecule has 4 rings (SSSR count). The molecule has 0 saturated heterocycles. The Labute approximate surface area is 177 Å². The molecule has 2 aromatic carbocycles. The predicted octanol–water partition coefficient (Wildman–Crippen LogP) is 4.34. The van der Waals surface area contributed by atoms with Crippen LogP contribution >= 0.6 is 0 Å². The van der Waals surface area contributed by atoms with E-state index in [1.165, 1.54) is 18.2 Å². The molecule has 2 aromatic heterocycles. The van der Waals surface area contributed by atoms with Crippen molar-refractivity contribution in [1.29, 1.82) is 0 Å². The van der Waals surface area contributed by atoms with Crippen LogP contribution in [-0.4, -0.2) is 32.9 Å². The molecule has 156 valence electrons. The largest absolute Gasteiger partial charge is 0.449 e.